The van der Waals surface area contributed by atoms with E-state index in [4.69, 9.17) is 21.8 Å². The van der Waals surface area contributed by atoms with Gasteiger partial charge in [0.15, 0.2) is 0 Å². The fraction of sp³-hybridized carbons (Fsp3) is 0.235. The van der Waals surface area contributed by atoms with E-state index in [1.165, 1.54) is 0 Å². The van der Waals surface area contributed by atoms with E-state index in [-0.39, 0.29) is 23.9 Å². The highest BCUT2D eigenvalue weighted by molar-refractivity contribution is 6.31. The summed E-state index contributed by atoms with van der Waals surface area (Å²) in [4.78, 5) is 11.8. The number of halogens is 2. The SMILES string of the molecule is Cc1c(Cl)cccc1-c1ccc(CNCCNC(=O)c2nonc2N)o1.[Cl-]. The number of nitrogens with one attached hydrogen (secondary N) is 2. The average Bonchev–Trinajstić information content (AvgIpc) is 3.26. The number of aromatic nitrogens is 2. The Bertz CT molecular complexity index is 910. The number of nitrogens with two attached hydrogens (primary N) is 1. The van der Waals surface area contributed by atoms with Gasteiger partial charge in [-0.25, -0.2) is 4.63 Å². The average molecular weight is 411 g/mol. The van der Waals surface area contributed by atoms with Crippen LogP contribution in [0.3, 0.4) is 0 Å². The Balaban J connectivity index is 0.00000261. The minimum atomic E-state index is -0.428. The number of anilines is 1. The van der Waals surface area contributed by atoms with Crippen molar-refractivity contribution in [1.82, 2.24) is 20.9 Å². The van der Waals surface area contributed by atoms with Crippen molar-refractivity contribution in [2.45, 2.75) is 13.5 Å². The summed E-state index contributed by atoms with van der Waals surface area (Å²) in [5.41, 5.74) is 7.38. The number of furan rings is 1. The standard InChI is InChI=1S/C17H18ClN5O3.ClH/c1-10-12(3-2-4-13(10)18)14-6-5-11(25-14)9-20-7-8-21-17(24)15-16(19)23-26-22-15;/h2-6,20H,7-9H2,1H3,(H2,19,23)(H,21,24);1H/p-1. The first-order valence-electron chi connectivity index (χ1n) is 7.97. The van der Waals surface area contributed by atoms with Gasteiger partial charge in [0.1, 0.15) is 11.5 Å². The second-order valence-corrected chi connectivity index (χ2v) is 6.02. The van der Waals surface area contributed by atoms with Crippen LogP contribution in [0.15, 0.2) is 39.4 Å². The van der Waals surface area contributed by atoms with Crippen LogP contribution in [0, 0.1) is 6.92 Å². The molecule has 144 valence electrons. The molecule has 2 heterocycles. The summed E-state index contributed by atoms with van der Waals surface area (Å²) in [6.07, 6.45) is 0. The van der Waals surface area contributed by atoms with Crippen LogP contribution in [0.4, 0.5) is 5.82 Å². The number of benzene rings is 1. The van der Waals surface area contributed by atoms with Gasteiger partial charge in [0.25, 0.3) is 5.91 Å². The molecular weight excluding hydrogens is 393 g/mol. The Labute approximate surface area is 166 Å². The quantitative estimate of drug-likeness (QED) is 0.444. The molecule has 3 aromatic rings. The van der Waals surface area contributed by atoms with Crippen molar-refractivity contribution in [2.24, 2.45) is 0 Å². The van der Waals surface area contributed by atoms with Gasteiger partial charge in [-0.05, 0) is 41.0 Å². The fourth-order valence-corrected chi connectivity index (χ4v) is 2.58. The predicted octanol–water partition coefficient (Wildman–Crippen LogP) is -0.603. The minimum Gasteiger partial charge on any atom is -1.00 e. The van der Waals surface area contributed by atoms with Crippen molar-refractivity contribution in [3.8, 4) is 11.3 Å². The molecule has 0 unspecified atom stereocenters. The topological polar surface area (TPSA) is 119 Å². The summed E-state index contributed by atoms with van der Waals surface area (Å²) in [6.45, 7) is 3.43. The lowest BCUT2D eigenvalue weighted by atomic mass is 10.1. The summed E-state index contributed by atoms with van der Waals surface area (Å²) >= 11 is 6.15. The molecule has 8 nitrogen and oxygen atoms in total. The van der Waals surface area contributed by atoms with Crippen LogP contribution < -0.4 is 28.8 Å². The molecule has 1 aromatic carbocycles. The first-order chi connectivity index (χ1) is 12.6. The summed E-state index contributed by atoms with van der Waals surface area (Å²) in [5, 5.41) is 13.4. The van der Waals surface area contributed by atoms with E-state index < -0.39 is 5.91 Å². The van der Waals surface area contributed by atoms with E-state index in [0.29, 0.717) is 24.7 Å². The second-order valence-electron chi connectivity index (χ2n) is 5.61. The Morgan fingerprint density at radius 2 is 2.04 bits per heavy atom. The summed E-state index contributed by atoms with van der Waals surface area (Å²) in [5.74, 6) is 1.09. The highest BCUT2D eigenvalue weighted by atomic mass is 35.5. The largest absolute Gasteiger partial charge is 1.00 e. The Morgan fingerprint density at radius 1 is 1.22 bits per heavy atom. The van der Waals surface area contributed by atoms with E-state index in [9.17, 15) is 4.79 Å². The van der Waals surface area contributed by atoms with Crippen LogP contribution in [-0.2, 0) is 6.54 Å². The predicted molar refractivity (Wildman–Crippen MR) is 96.6 cm³/mol. The van der Waals surface area contributed by atoms with Gasteiger partial charge in [0, 0.05) is 23.7 Å². The molecule has 0 saturated carbocycles. The maximum atomic E-state index is 11.8. The first kappa shape index (κ1) is 20.8. The highest BCUT2D eigenvalue weighted by Gasteiger charge is 2.15. The molecule has 0 aliphatic carbocycles. The number of nitrogens with zero attached hydrogens (tertiary/aromatic N) is 2. The van der Waals surface area contributed by atoms with Gasteiger partial charge in [0.2, 0.25) is 11.5 Å². The van der Waals surface area contributed by atoms with Crippen LogP contribution in [-0.4, -0.2) is 29.3 Å². The highest BCUT2D eigenvalue weighted by Crippen LogP contribution is 2.29. The van der Waals surface area contributed by atoms with Gasteiger partial charge in [-0.15, -0.1) is 0 Å². The molecule has 2 aromatic heterocycles. The van der Waals surface area contributed by atoms with Crippen molar-refractivity contribution in [1.29, 1.82) is 0 Å². The Kier molecular flexibility index (Phi) is 7.23. The van der Waals surface area contributed by atoms with E-state index in [2.05, 4.69) is 25.6 Å². The van der Waals surface area contributed by atoms with Crippen LogP contribution in [0.25, 0.3) is 11.3 Å². The van der Waals surface area contributed by atoms with Crippen molar-refractivity contribution >= 4 is 23.3 Å². The molecule has 0 aliphatic heterocycles. The number of hydrogen-bond acceptors (Lipinski definition) is 7. The van der Waals surface area contributed by atoms with Crippen molar-refractivity contribution in [3.05, 3.63) is 52.4 Å². The molecule has 0 spiro atoms. The Hall–Kier alpha value is -2.55. The van der Waals surface area contributed by atoms with E-state index in [0.717, 1.165) is 22.6 Å². The second kappa shape index (κ2) is 9.40. The smallest absolute Gasteiger partial charge is 0.277 e. The maximum Gasteiger partial charge on any atom is 0.277 e. The zero-order chi connectivity index (χ0) is 18.5. The van der Waals surface area contributed by atoms with E-state index in [1.54, 1.807) is 0 Å². The van der Waals surface area contributed by atoms with Crippen LogP contribution in [0.1, 0.15) is 21.8 Å². The minimum absolute atomic E-state index is 0. The maximum absolute atomic E-state index is 11.8. The molecule has 0 aliphatic rings. The molecule has 0 radical (unpaired) electrons. The van der Waals surface area contributed by atoms with Crippen molar-refractivity contribution in [2.75, 3.05) is 18.8 Å². The van der Waals surface area contributed by atoms with Crippen molar-refractivity contribution < 1.29 is 26.2 Å². The lowest BCUT2D eigenvalue weighted by molar-refractivity contribution is -0.0000147. The first-order valence-corrected chi connectivity index (χ1v) is 8.35. The fourth-order valence-electron chi connectivity index (χ4n) is 2.40. The number of rotatable bonds is 7. The molecule has 10 heteroatoms. The molecule has 0 bridgehead atoms. The van der Waals surface area contributed by atoms with Gasteiger partial charge < -0.3 is 33.2 Å². The monoisotopic (exact) mass is 410 g/mol. The molecule has 0 atom stereocenters. The number of carbonyl (C=O) groups is 1. The molecule has 4 N–H and O–H groups in total. The number of amides is 1. The Morgan fingerprint density at radius 3 is 2.78 bits per heavy atom. The molecule has 0 saturated heterocycles. The number of carbonyl (C=O) groups excluding carboxylic acids is 1. The normalized spacial score (nSPS) is 10.4. The van der Waals surface area contributed by atoms with Crippen LogP contribution >= 0.6 is 11.6 Å². The zero-order valence-corrected chi connectivity index (χ0v) is 16.0. The summed E-state index contributed by atoms with van der Waals surface area (Å²) in [7, 11) is 0. The van der Waals surface area contributed by atoms with Gasteiger partial charge in [-0.3, -0.25) is 4.79 Å². The van der Waals surface area contributed by atoms with Crippen molar-refractivity contribution in [3.63, 3.8) is 0 Å². The summed E-state index contributed by atoms with van der Waals surface area (Å²) in [6, 6.07) is 9.53. The molecular formula is C17H18Cl2N5O3-. The molecule has 1 amide bonds. The van der Waals surface area contributed by atoms with Crippen LogP contribution in [0.2, 0.25) is 5.02 Å². The van der Waals surface area contributed by atoms with Gasteiger partial charge in [0.05, 0.1) is 6.54 Å². The van der Waals surface area contributed by atoms with Crippen LogP contribution in [0.5, 0.6) is 0 Å². The third-order valence-corrected chi connectivity index (χ3v) is 4.22. The zero-order valence-electron chi connectivity index (χ0n) is 14.5. The van der Waals surface area contributed by atoms with E-state index in [1.807, 2.05) is 37.3 Å². The molecule has 3 rings (SSSR count). The van der Waals surface area contributed by atoms with E-state index >= 15 is 0 Å². The lowest BCUT2D eigenvalue weighted by Gasteiger charge is -2.05. The van der Waals surface area contributed by atoms with Gasteiger partial charge >= 0.3 is 0 Å². The van der Waals surface area contributed by atoms with Gasteiger partial charge in [-0.2, -0.15) is 0 Å². The summed E-state index contributed by atoms with van der Waals surface area (Å²) < 4.78 is 10.2. The molecule has 27 heavy (non-hydrogen) atoms. The third-order valence-electron chi connectivity index (χ3n) is 3.81. The third kappa shape index (κ3) is 5.00. The number of nitrogen functional groups attached to an aromatic ring is 1. The lowest BCUT2D eigenvalue weighted by Crippen LogP contribution is -3.00. The number of hydrogen-bond donors (Lipinski definition) is 3. The molecule has 0 fully saturated rings. The van der Waals surface area contributed by atoms with Gasteiger partial charge in [-0.1, -0.05) is 23.7 Å².